The molecule has 2 rings (SSSR count). The topological polar surface area (TPSA) is 31.2 Å². The Kier molecular flexibility index (Phi) is 2.77. The normalized spacial score (nSPS) is 10.1. The molecule has 1 heterocycles. The minimum Gasteiger partial charge on any atom is -0.422 e. The molecular formula is C13H13NO2. The van der Waals surface area contributed by atoms with Crippen LogP contribution in [0.1, 0.15) is 16.1 Å². The highest BCUT2D eigenvalue weighted by molar-refractivity contribution is 5.89. The zero-order chi connectivity index (χ0) is 11.5. The second-order valence-corrected chi connectivity index (χ2v) is 3.71. The van der Waals surface area contributed by atoms with Crippen LogP contribution in [0.25, 0.3) is 0 Å². The zero-order valence-corrected chi connectivity index (χ0v) is 9.31. The molecule has 0 spiro atoms. The number of hydrogen-bond acceptors (Lipinski definition) is 2. The molecule has 0 saturated carbocycles. The van der Waals surface area contributed by atoms with Crippen molar-refractivity contribution >= 4 is 5.97 Å². The lowest BCUT2D eigenvalue weighted by Gasteiger charge is -2.05. The van der Waals surface area contributed by atoms with Gasteiger partial charge in [0.15, 0.2) is 0 Å². The van der Waals surface area contributed by atoms with Crippen LogP contribution in [0.5, 0.6) is 5.75 Å². The number of aryl methyl sites for hydroxylation is 2. The van der Waals surface area contributed by atoms with Crippen molar-refractivity contribution < 1.29 is 9.53 Å². The molecule has 0 bridgehead atoms. The van der Waals surface area contributed by atoms with Crippen LogP contribution < -0.4 is 4.74 Å². The molecule has 0 N–H and O–H groups in total. The maximum Gasteiger partial charge on any atom is 0.360 e. The van der Waals surface area contributed by atoms with Crippen molar-refractivity contribution in [2.45, 2.75) is 6.92 Å². The van der Waals surface area contributed by atoms with Gasteiger partial charge < -0.3 is 9.30 Å². The highest BCUT2D eigenvalue weighted by Crippen LogP contribution is 2.14. The van der Waals surface area contributed by atoms with E-state index in [1.807, 2.05) is 44.4 Å². The standard InChI is InChI=1S/C13H13NO2/c1-10-5-3-6-11(9-10)16-13(15)12-7-4-8-14(12)2/h3-9H,1-2H3. The molecule has 82 valence electrons. The van der Waals surface area contributed by atoms with Crippen molar-refractivity contribution in [1.82, 2.24) is 4.57 Å². The van der Waals surface area contributed by atoms with Gasteiger partial charge in [0.1, 0.15) is 11.4 Å². The molecule has 16 heavy (non-hydrogen) atoms. The summed E-state index contributed by atoms with van der Waals surface area (Å²) < 4.78 is 6.99. The monoisotopic (exact) mass is 215 g/mol. The summed E-state index contributed by atoms with van der Waals surface area (Å²) in [5.41, 5.74) is 1.61. The van der Waals surface area contributed by atoms with E-state index < -0.39 is 0 Å². The summed E-state index contributed by atoms with van der Waals surface area (Å²) in [6.07, 6.45) is 1.81. The van der Waals surface area contributed by atoms with Crippen molar-refractivity contribution in [1.29, 1.82) is 0 Å². The first-order chi connectivity index (χ1) is 7.66. The van der Waals surface area contributed by atoms with E-state index in [9.17, 15) is 4.79 Å². The number of esters is 1. The van der Waals surface area contributed by atoms with E-state index in [1.165, 1.54) is 0 Å². The minimum atomic E-state index is -0.335. The van der Waals surface area contributed by atoms with Crippen molar-refractivity contribution in [3.05, 3.63) is 53.9 Å². The summed E-state index contributed by atoms with van der Waals surface area (Å²) in [5, 5.41) is 0. The van der Waals surface area contributed by atoms with Gasteiger partial charge in [-0.3, -0.25) is 0 Å². The Bertz CT molecular complexity index is 514. The second kappa shape index (κ2) is 4.23. The first-order valence-corrected chi connectivity index (χ1v) is 5.07. The fourth-order valence-corrected chi connectivity index (χ4v) is 1.51. The molecule has 3 nitrogen and oxygen atoms in total. The lowest BCUT2D eigenvalue weighted by molar-refractivity contribution is 0.0725. The molecule has 0 aliphatic heterocycles. The first kappa shape index (κ1) is 10.5. The minimum absolute atomic E-state index is 0.335. The molecule has 1 aromatic carbocycles. The van der Waals surface area contributed by atoms with Crippen molar-refractivity contribution in [3.8, 4) is 5.75 Å². The predicted octanol–water partition coefficient (Wildman–Crippen LogP) is 2.55. The van der Waals surface area contributed by atoms with Gasteiger partial charge in [0.25, 0.3) is 0 Å². The van der Waals surface area contributed by atoms with Crippen molar-refractivity contribution in [2.24, 2.45) is 7.05 Å². The smallest absolute Gasteiger partial charge is 0.360 e. The number of carbonyl (C=O) groups is 1. The van der Waals surface area contributed by atoms with Gasteiger partial charge in [-0.25, -0.2) is 4.79 Å². The molecule has 0 unspecified atom stereocenters. The number of carbonyl (C=O) groups excluding carboxylic acids is 1. The van der Waals surface area contributed by atoms with Gasteiger partial charge in [-0.05, 0) is 36.8 Å². The van der Waals surface area contributed by atoms with Crippen LogP contribution in [-0.4, -0.2) is 10.5 Å². The van der Waals surface area contributed by atoms with Crippen LogP contribution >= 0.6 is 0 Å². The first-order valence-electron chi connectivity index (χ1n) is 5.07. The molecule has 0 aliphatic carbocycles. The van der Waals surface area contributed by atoms with E-state index in [4.69, 9.17) is 4.74 Å². The molecular weight excluding hydrogens is 202 g/mol. The summed E-state index contributed by atoms with van der Waals surface area (Å²) in [6.45, 7) is 1.96. The Morgan fingerprint density at radius 1 is 1.25 bits per heavy atom. The molecule has 0 radical (unpaired) electrons. The van der Waals surface area contributed by atoms with E-state index in [0.29, 0.717) is 11.4 Å². The molecule has 0 saturated heterocycles. The Morgan fingerprint density at radius 3 is 2.69 bits per heavy atom. The average Bonchev–Trinajstić information content (AvgIpc) is 2.64. The van der Waals surface area contributed by atoms with Crippen molar-refractivity contribution in [3.63, 3.8) is 0 Å². The third-order valence-electron chi connectivity index (χ3n) is 2.35. The molecule has 0 fully saturated rings. The van der Waals surface area contributed by atoms with Crippen LogP contribution in [-0.2, 0) is 7.05 Å². The second-order valence-electron chi connectivity index (χ2n) is 3.71. The summed E-state index contributed by atoms with van der Waals surface area (Å²) in [7, 11) is 1.81. The van der Waals surface area contributed by atoms with E-state index in [-0.39, 0.29) is 5.97 Å². The Hall–Kier alpha value is -2.03. The Balaban J connectivity index is 2.17. The van der Waals surface area contributed by atoms with Gasteiger partial charge in [0, 0.05) is 13.2 Å². The summed E-state index contributed by atoms with van der Waals surface area (Å²) in [6, 6.07) is 11.0. The molecule has 3 heteroatoms. The van der Waals surface area contributed by atoms with Gasteiger partial charge in [0.05, 0.1) is 0 Å². The average molecular weight is 215 g/mol. The summed E-state index contributed by atoms with van der Waals surface area (Å²) in [5.74, 6) is 0.240. The Morgan fingerprint density at radius 2 is 2.06 bits per heavy atom. The predicted molar refractivity (Wildman–Crippen MR) is 61.6 cm³/mol. The number of ether oxygens (including phenoxy) is 1. The summed E-state index contributed by atoms with van der Waals surface area (Å²) in [4.78, 5) is 11.8. The molecule has 0 aliphatic rings. The maximum atomic E-state index is 11.8. The molecule has 2 aromatic rings. The third kappa shape index (κ3) is 2.14. The number of hydrogen-bond donors (Lipinski definition) is 0. The van der Waals surface area contributed by atoms with Crippen LogP contribution in [0.15, 0.2) is 42.6 Å². The highest BCUT2D eigenvalue weighted by atomic mass is 16.5. The van der Waals surface area contributed by atoms with E-state index in [0.717, 1.165) is 5.56 Å². The molecule has 0 atom stereocenters. The maximum absolute atomic E-state index is 11.8. The fourth-order valence-electron chi connectivity index (χ4n) is 1.51. The summed E-state index contributed by atoms with van der Waals surface area (Å²) >= 11 is 0. The quantitative estimate of drug-likeness (QED) is 0.569. The third-order valence-corrected chi connectivity index (χ3v) is 2.35. The van der Waals surface area contributed by atoms with Crippen LogP contribution in [0.3, 0.4) is 0 Å². The van der Waals surface area contributed by atoms with Gasteiger partial charge in [-0.2, -0.15) is 0 Å². The van der Waals surface area contributed by atoms with Gasteiger partial charge in [-0.1, -0.05) is 12.1 Å². The molecule has 1 aromatic heterocycles. The van der Waals surface area contributed by atoms with Crippen LogP contribution in [0.2, 0.25) is 0 Å². The van der Waals surface area contributed by atoms with Crippen molar-refractivity contribution in [2.75, 3.05) is 0 Å². The Labute approximate surface area is 94.3 Å². The fraction of sp³-hybridized carbons (Fsp3) is 0.154. The van der Waals surface area contributed by atoms with Gasteiger partial charge in [0.2, 0.25) is 0 Å². The number of aromatic nitrogens is 1. The lowest BCUT2D eigenvalue weighted by atomic mass is 10.2. The van der Waals surface area contributed by atoms with E-state index in [2.05, 4.69) is 0 Å². The number of rotatable bonds is 2. The van der Waals surface area contributed by atoms with E-state index in [1.54, 1.807) is 16.7 Å². The highest BCUT2D eigenvalue weighted by Gasteiger charge is 2.11. The van der Waals surface area contributed by atoms with Gasteiger partial charge in [-0.15, -0.1) is 0 Å². The lowest BCUT2D eigenvalue weighted by Crippen LogP contribution is -2.12. The number of nitrogens with zero attached hydrogens (tertiary/aromatic N) is 1. The number of benzene rings is 1. The van der Waals surface area contributed by atoms with Crippen LogP contribution in [0, 0.1) is 6.92 Å². The zero-order valence-electron chi connectivity index (χ0n) is 9.31. The van der Waals surface area contributed by atoms with Gasteiger partial charge >= 0.3 is 5.97 Å². The SMILES string of the molecule is Cc1cccc(OC(=O)c2cccn2C)c1. The molecule has 0 amide bonds. The largest absolute Gasteiger partial charge is 0.422 e. The van der Waals surface area contributed by atoms with Crippen LogP contribution in [0.4, 0.5) is 0 Å². The van der Waals surface area contributed by atoms with E-state index >= 15 is 0 Å².